The fourth-order valence-corrected chi connectivity index (χ4v) is 2.25. The molecule has 0 N–H and O–H groups in total. The molecule has 0 saturated heterocycles. The molecule has 0 aliphatic heterocycles. The Kier molecular flexibility index (Phi) is 9.05. The second-order valence-corrected chi connectivity index (χ2v) is 7.82. The van der Waals surface area contributed by atoms with Crippen LogP contribution >= 0.6 is 0 Å². The van der Waals surface area contributed by atoms with Gasteiger partial charge in [0, 0.05) is 0 Å². The third-order valence-electron chi connectivity index (χ3n) is 4.08. The Morgan fingerprint density at radius 3 is 1.29 bits per heavy atom. The fourth-order valence-electron chi connectivity index (χ4n) is 2.25. The first-order chi connectivity index (χ1) is 13.4. The average Bonchev–Trinajstić information content (AvgIpc) is 2.69. The standard InChI is InChI=1S/C22H30O6/c1-21(2,25-27-23-17-19-11-7-5-8-12-19)15-16-22(3,4)26-28-24-18-20-13-9-6-10-14-20/h5-14H,15-18H2,1-4H3. The maximum Gasteiger partial charge on any atom is 0.110 e. The molecule has 0 amide bonds. The third-order valence-corrected chi connectivity index (χ3v) is 4.08. The summed E-state index contributed by atoms with van der Waals surface area (Å²) in [5.41, 5.74) is 0.905. The van der Waals surface area contributed by atoms with Crippen LogP contribution in [-0.4, -0.2) is 11.2 Å². The quantitative estimate of drug-likeness (QED) is 0.256. The van der Waals surface area contributed by atoms with Crippen molar-refractivity contribution in [1.82, 2.24) is 0 Å². The van der Waals surface area contributed by atoms with Gasteiger partial charge in [-0.2, -0.15) is 0 Å². The van der Waals surface area contributed by atoms with Crippen molar-refractivity contribution in [3.05, 3.63) is 71.8 Å². The highest BCUT2D eigenvalue weighted by Gasteiger charge is 2.28. The van der Waals surface area contributed by atoms with E-state index < -0.39 is 11.2 Å². The minimum Gasteiger partial charge on any atom is -0.201 e. The molecule has 0 spiro atoms. The van der Waals surface area contributed by atoms with Crippen LogP contribution in [0.1, 0.15) is 51.7 Å². The number of hydrogen-bond acceptors (Lipinski definition) is 6. The van der Waals surface area contributed by atoms with Gasteiger partial charge in [-0.3, -0.25) is 0 Å². The van der Waals surface area contributed by atoms with E-state index in [9.17, 15) is 0 Å². The zero-order valence-corrected chi connectivity index (χ0v) is 17.1. The highest BCUT2D eigenvalue weighted by molar-refractivity contribution is 5.13. The molecule has 0 saturated carbocycles. The normalized spacial score (nSPS) is 12.3. The Balaban J connectivity index is 1.59. The lowest BCUT2D eigenvalue weighted by molar-refractivity contribution is -0.552. The molecule has 6 nitrogen and oxygen atoms in total. The summed E-state index contributed by atoms with van der Waals surface area (Å²) in [6.45, 7) is 8.31. The summed E-state index contributed by atoms with van der Waals surface area (Å²) in [7, 11) is 0. The van der Waals surface area contributed by atoms with E-state index in [1.807, 2.05) is 88.4 Å². The molecule has 28 heavy (non-hydrogen) atoms. The van der Waals surface area contributed by atoms with Gasteiger partial charge in [0.15, 0.2) is 0 Å². The van der Waals surface area contributed by atoms with Gasteiger partial charge < -0.3 is 0 Å². The van der Waals surface area contributed by atoms with Crippen LogP contribution < -0.4 is 0 Å². The molecule has 0 aliphatic rings. The van der Waals surface area contributed by atoms with E-state index in [0.717, 1.165) is 11.1 Å². The molecule has 6 heteroatoms. The molecule has 2 aromatic carbocycles. The van der Waals surface area contributed by atoms with E-state index in [1.54, 1.807) is 0 Å². The van der Waals surface area contributed by atoms with Gasteiger partial charge in [-0.05, 0) is 51.7 Å². The predicted octanol–water partition coefficient (Wildman–Crippen LogP) is 5.48. The van der Waals surface area contributed by atoms with E-state index in [1.165, 1.54) is 0 Å². The number of rotatable bonds is 13. The molecular weight excluding hydrogens is 360 g/mol. The van der Waals surface area contributed by atoms with Gasteiger partial charge in [0.05, 0.1) is 0 Å². The molecule has 154 valence electrons. The molecule has 2 rings (SSSR count). The van der Waals surface area contributed by atoms with Crippen LogP contribution in [0.4, 0.5) is 0 Å². The van der Waals surface area contributed by atoms with Crippen molar-refractivity contribution in [2.45, 2.75) is 65.0 Å². The van der Waals surface area contributed by atoms with Gasteiger partial charge in [-0.25, -0.2) is 19.6 Å². The lowest BCUT2D eigenvalue weighted by atomic mass is 9.94. The summed E-state index contributed by atoms with van der Waals surface area (Å²) in [6, 6.07) is 19.5. The first-order valence-corrected chi connectivity index (χ1v) is 9.39. The highest BCUT2D eigenvalue weighted by atomic mass is 17.5. The first kappa shape index (κ1) is 22.5. The van der Waals surface area contributed by atoms with Crippen molar-refractivity contribution in [2.24, 2.45) is 0 Å². The van der Waals surface area contributed by atoms with E-state index >= 15 is 0 Å². The Morgan fingerprint density at radius 2 is 0.929 bits per heavy atom. The van der Waals surface area contributed by atoms with Crippen LogP contribution in [0.3, 0.4) is 0 Å². The molecule has 2 aromatic rings. The number of hydrogen-bond donors (Lipinski definition) is 0. The monoisotopic (exact) mass is 390 g/mol. The van der Waals surface area contributed by atoms with Gasteiger partial charge in [-0.15, -0.1) is 0 Å². The number of benzene rings is 2. The molecule has 0 heterocycles. The van der Waals surface area contributed by atoms with E-state index in [0.29, 0.717) is 26.1 Å². The van der Waals surface area contributed by atoms with Crippen molar-refractivity contribution >= 4 is 0 Å². The lowest BCUT2D eigenvalue weighted by Gasteiger charge is -2.28. The van der Waals surface area contributed by atoms with Gasteiger partial charge in [0.25, 0.3) is 0 Å². The van der Waals surface area contributed by atoms with E-state index in [-0.39, 0.29) is 0 Å². The Bertz CT molecular complexity index is 598. The van der Waals surface area contributed by atoms with Crippen LogP contribution in [0.25, 0.3) is 0 Å². The second kappa shape index (κ2) is 11.3. The predicted molar refractivity (Wildman–Crippen MR) is 104 cm³/mol. The molecule has 0 aromatic heterocycles. The van der Waals surface area contributed by atoms with Crippen LogP contribution in [0.15, 0.2) is 60.7 Å². The fraction of sp³-hybridized carbons (Fsp3) is 0.455. The third kappa shape index (κ3) is 9.41. The SMILES string of the molecule is CC(C)(CCC(C)(C)OOOCc1ccccc1)OOOCc1ccccc1. The van der Waals surface area contributed by atoms with Crippen LogP contribution in [0.5, 0.6) is 0 Å². The topological polar surface area (TPSA) is 55.4 Å². The van der Waals surface area contributed by atoms with Crippen molar-refractivity contribution in [2.75, 3.05) is 0 Å². The summed E-state index contributed by atoms with van der Waals surface area (Å²) in [4.78, 5) is 21.0. The minimum atomic E-state index is -0.553. The van der Waals surface area contributed by atoms with Crippen LogP contribution in [0.2, 0.25) is 0 Å². The first-order valence-electron chi connectivity index (χ1n) is 9.39. The summed E-state index contributed by atoms with van der Waals surface area (Å²) < 4.78 is 0. The zero-order chi connectivity index (χ0) is 20.3. The summed E-state index contributed by atoms with van der Waals surface area (Å²) in [6.07, 6.45) is 1.33. The molecule has 0 fully saturated rings. The Morgan fingerprint density at radius 1 is 0.571 bits per heavy atom. The van der Waals surface area contributed by atoms with Crippen molar-refractivity contribution in [3.63, 3.8) is 0 Å². The maximum atomic E-state index is 5.38. The summed E-state index contributed by atoms with van der Waals surface area (Å²) in [5, 5.41) is 9.84. The van der Waals surface area contributed by atoms with Crippen LogP contribution in [0, 0.1) is 0 Å². The van der Waals surface area contributed by atoms with Crippen molar-refractivity contribution in [1.29, 1.82) is 0 Å². The van der Waals surface area contributed by atoms with Gasteiger partial charge >= 0.3 is 0 Å². The zero-order valence-electron chi connectivity index (χ0n) is 17.1. The average molecular weight is 390 g/mol. The molecule has 0 unspecified atom stereocenters. The van der Waals surface area contributed by atoms with Gasteiger partial charge in [0.1, 0.15) is 24.4 Å². The van der Waals surface area contributed by atoms with Crippen molar-refractivity contribution < 1.29 is 29.6 Å². The molecular formula is C22H30O6. The van der Waals surface area contributed by atoms with Crippen LogP contribution in [-0.2, 0) is 42.8 Å². The molecule has 0 atom stereocenters. The summed E-state index contributed by atoms with van der Waals surface area (Å²) >= 11 is 0. The van der Waals surface area contributed by atoms with Gasteiger partial charge in [-0.1, -0.05) is 70.7 Å². The van der Waals surface area contributed by atoms with Crippen molar-refractivity contribution in [3.8, 4) is 0 Å². The largest absolute Gasteiger partial charge is 0.201 e. The Hall–Kier alpha value is -1.80. The van der Waals surface area contributed by atoms with Gasteiger partial charge in [0.2, 0.25) is 0 Å². The molecule has 0 aliphatic carbocycles. The molecule has 0 bridgehead atoms. The molecule has 0 radical (unpaired) electrons. The Labute approximate surface area is 167 Å². The van der Waals surface area contributed by atoms with E-state index in [2.05, 4.69) is 0 Å². The second-order valence-electron chi connectivity index (χ2n) is 7.82. The smallest absolute Gasteiger partial charge is 0.110 e. The van der Waals surface area contributed by atoms with E-state index in [4.69, 9.17) is 29.6 Å². The highest BCUT2D eigenvalue weighted by Crippen LogP contribution is 2.25. The minimum absolute atomic E-state index is 0.318. The lowest BCUT2D eigenvalue weighted by Crippen LogP contribution is -2.31. The maximum absolute atomic E-state index is 5.38. The summed E-state index contributed by atoms with van der Waals surface area (Å²) in [5.74, 6) is 0.